The third kappa shape index (κ3) is 4.12. The van der Waals surface area contributed by atoms with Gasteiger partial charge in [-0.05, 0) is 52.1 Å². The molecule has 0 aliphatic heterocycles. The van der Waals surface area contributed by atoms with Crippen LogP contribution in [0.4, 0.5) is 0 Å². The van der Waals surface area contributed by atoms with E-state index in [1.807, 2.05) is 0 Å². The van der Waals surface area contributed by atoms with Crippen molar-refractivity contribution in [2.75, 3.05) is 20.1 Å². The van der Waals surface area contributed by atoms with E-state index in [0.29, 0.717) is 12.1 Å². The van der Waals surface area contributed by atoms with Crippen LogP contribution >= 0.6 is 0 Å². The molecule has 0 aromatic heterocycles. The zero-order valence-electron chi connectivity index (χ0n) is 11.1. The minimum atomic E-state index is 0.601. The van der Waals surface area contributed by atoms with Gasteiger partial charge < -0.3 is 10.2 Å². The second-order valence-corrected chi connectivity index (χ2v) is 5.40. The van der Waals surface area contributed by atoms with Crippen molar-refractivity contribution in [1.29, 1.82) is 0 Å². The Balaban J connectivity index is 2.21. The van der Waals surface area contributed by atoms with Crippen LogP contribution in [0.15, 0.2) is 0 Å². The van der Waals surface area contributed by atoms with E-state index in [1.54, 1.807) is 0 Å². The Morgan fingerprint density at radius 1 is 1.40 bits per heavy atom. The summed E-state index contributed by atoms with van der Waals surface area (Å²) in [5.74, 6) is 1.94. The first-order chi connectivity index (χ1) is 7.06. The molecule has 1 fully saturated rings. The van der Waals surface area contributed by atoms with Crippen LogP contribution in [0.5, 0.6) is 0 Å². The van der Waals surface area contributed by atoms with Crippen molar-refractivity contribution >= 4 is 0 Å². The van der Waals surface area contributed by atoms with Gasteiger partial charge in [-0.2, -0.15) is 0 Å². The molecule has 0 aromatic carbocycles. The first-order valence-corrected chi connectivity index (χ1v) is 6.49. The average molecular weight is 212 g/mol. The van der Waals surface area contributed by atoms with Gasteiger partial charge in [-0.15, -0.1) is 0 Å². The minimum Gasteiger partial charge on any atom is -0.313 e. The molecule has 4 atom stereocenters. The van der Waals surface area contributed by atoms with Crippen molar-refractivity contribution in [3.05, 3.63) is 0 Å². The summed E-state index contributed by atoms with van der Waals surface area (Å²) >= 11 is 0. The Bertz CT molecular complexity index is 181. The smallest absolute Gasteiger partial charge is 0.0215 e. The molecule has 1 saturated carbocycles. The third-order valence-corrected chi connectivity index (χ3v) is 3.93. The first-order valence-electron chi connectivity index (χ1n) is 6.49. The molecule has 0 bridgehead atoms. The summed E-state index contributed by atoms with van der Waals surface area (Å²) < 4.78 is 0. The van der Waals surface area contributed by atoms with E-state index in [2.05, 4.69) is 45.0 Å². The maximum absolute atomic E-state index is 3.58. The van der Waals surface area contributed by atoms with Crippen LogP contribution in [0.3, 0.4) is 0 Å². The van der Waals surface area contributed by atoms with Gasteiger partial charge in [0.15, 0.2) is 0 Å². The van der Waals surface area contributed by atoms with Crippen LogP contribution < -0.4 is 5.32 Å². The molecule has 0 spiro atoms. The van der Waals surface area contributed by atoms with E-state index < -0.39 is 0 Å². The quantitative estimate of drug-likeness (QED) is 0.697. The van der Waals surface area contributed by atoms with E-state index in [0.717, 1.165) is 18.4 Å². The fourth-order valence-corrected chi connectivity index (χ4v) is 2.11. The minimum absolute atomic E-state index is 0.601. The van der Waals surface area contributed by atoms with Crippen molar-refractivity contribution in [3.63, 3.8) is 0 Å². The molecular formula is C13H28N2. The molecule has 0 amide bonds. The normalized spacial score (nSPS) is 29.2. The van der Waals surface area contributed by atoms with E-state index >= 15 is 0 Å². The summed E-state index contributed by atoms with van der Waals surface area (Å²) in [4.78, 5) is 2.52. The van der Waals surface area contributed by atoms with Gasteiger partial charge in [-0.1, -0.05) is 13.8 Å². The summed E-state index contributed by atoms with van der Waals surface area (Å²) in [5, 5.41) is 3.58. The number of hydrogen-bond acceptors (Lipinski definition) is 2. The lowest BCUT2D eigenvalue weighted by Gasteiger charge is -2.30. The maximum Gasteiger partial charge on any atom is 0.0215 e. The molecule has 0 saturated heterocycles. The number of hydrogen-bond donors (Lipinski definition) is 1. The second-order valence-electron chi connectivity index (χ2n) is 5.40. The maximum atomic E-state index is 3.58. The van der Waals surface area contributed by atoms with Gasteiger partial charge in [-0.3, -0.25) is 0 Å². The van der Waals surface area contributed by atoms with Crippen LogP contribution in [0, 0.1) is 11.8 Å². The Morgan fingerprint density at radius 3 is 2.47 bits per heavy atom. The highest BCUT2D eigenvalue weighted by molar-refractivity contribution is 4.87. The monoisotopic (exact) mass is 212 g/mol. The Hall–Kier alpha value is -0.0800. The van der Waals surface area contributed by atoms with Crippen LogP contribution in [-0.2, 0) is 0 Å². The van der Waals surface area contributed by atoms with Gasteiger partial charge in [0.1, 0.15) is 0 Å². The molecule has 1 N–H and O–H groups in total. The van der Waals surface area contributed by atoms with Crippen molar-refractivity contribution in [2.45, 2.75) is 52.6 Å². The summed E-state index contributed by atoms with van der Waals surface area (Å²) in [6, 6.07) is 1.24. The summed E-state index contributed by atoms with van der Waals surface area (Å²) in [5.41, 5.74) is 0. The van der Waals surface area contributed by atoms with Crippen LogP contribution in [0.1, 0.15) is 40.5 Å². The van der Waals surface area contributed by atoms with Crippen molar-refractivity contribution in [3.8, 4) is 0 Å². The van der Waals surface area contributed by atoms with Gasteiger partial charge in [-0.25, -0.2) is 0 Å². The van der Waals surface area contributed by atoms with E-state index in [9.17, 15) is 0 Å². The number of nitrogens with one attached hydrogen (secondary N) is 1. The van der Waals surface area contributed by atoms with E-state index in [4.69, 9.17) is 0 Å². The molecule has 1 aliphatic carbocycles. The topological polar surface area (TPSA) is 15.3 Å². The molecule has 0 radical (unpaired) electrons. The second kappa shape index (κ2) is 5.86. The lowest BCUT2D eigenvalue weighted by molar-refractivity contribution is 0.204. The molecule has 2 heteroatoms. The highest BCUT2D eigenvalue weighted by Gasteiger charge is 2.34. The van der Waals surface area contributed by atoms with Gasteiger partial charge in [0.25, 0.3) is 0 Å². The predicted octanol–water partition coefficient (Wildman–Crippen LogP) is 2.35. The Morgan fingerprint density at radius 2 is 2.00 bits per heavy atom. The number of rotatable bonds is 7. The third-order valence-electron chi connectivity index (χ3n) is 3.93. The Labute approximate surface area is 95.4 Å². The zero-order chi connectivity index (χ0) is 11.4. The zero-order valence-corrected chi connectivity index (χ0v) is 11.1. The summed E-state index contributed by atoms with van der Waals surface area (Å²) in [6.45, 7) is 11.6. The number of likely N-dealkylation sites (N-methyl/N-ethyl adjacent to an activating group) is 1. The summed E-state index contributed by atoms with van der Waals surface area (Å²) in [7, 11) is 2.26. The fourth-order valence-electron chi connectivity index (χ4n) is 2.11. The predicted molar refractivity (Wildman–Crippen MR) is 67.1 cm³/mol. The molecular weight excluding hydrogens is 184 g/mol. The molecule has 0 aromatic rings. The van der Waals surface area contributed by atoms with E-state index in [-0.39, 0.29) is 0 Å². The van der Waals surface area contributed by atoms with Crippen LogP contribution in [0.25, 0.3) is 0 Å². The molecule has 0 heterocycles. The molecule has 1 rings (SSSR count). The lowest BCUT2D eigenvalue weighted by Crippen LogP contribution is -2.46. The van der Waals surface area contributed by atoms with Crippen LogP contribution in [0.2, 0.25) is 0 Å². The van der Waals surface area contributed by atoms with Gasteiger partial charge in [0.05, 0.1) is 0 Å². The standard InChI is InChI=1S/C13H28N2/c1-6-7-14-11(3)12(4)15(5)9-13-8-10(13)2/h10-14H,6-9H2,1-5H3. The molecule has 15 heavy (non-hydrogen) atoms. The van der Waals surface area contributed by atoms with Crippen molar-refractivity contribution in [2.24, 2.45) is 11.8 Å². The molecule has 4 unspecified atom stereocenters. The van der Waals surface area contributed by atoms with E-state index in [1.165, 1.54) is 19.4 Å². The molecule has 90 valence electrons. The van der Waals surface area contributed by atoms with Crippen LogP contribution in [-0.4, -0.2) is 37.1 Å². The van der Waals surface area contributed by atoms with Gasteiger partial charge in [0.2, 0.25) is 0 Å². The largest absolute Gasteiger partial charge is 0.313 e. The van der Waals surface area contributed by atoms with Crippen molar-refractivity contribution in [1.82, 2.24) is 10.2 Å². The SMILES string of the molecule is CCCNC(C)C(C)N(C)CC1CC1C. The van der Waals surface area contributed by atoms with Gasteiger partial charge >= 0.3 is 0 Å². The highest BCUT2D eigenvalue weighted by atomic mass is 15.2. The molecule has 1 aliphatic rings. The van der Waals surface area contributed by atoms with Crippen molar-refractivity contribution < 1.29 is 0 Å². The fraction of sp³-hybridized carbons (Fsp3) is 1.00. The average Bonchev–Trinajstić information content (AvgIpc) is 2.89. The Kier molecular flexibility index (Phi) is 5.07. The number of nitrogens with zero attached hydrogens (tertiary/aromatic N) is 1. The highest BCUT2D eigenvalue weighted by Crippen LogP contribution is 2.38. The molecule has 2 nitrogen and oxygen atoms in total. The summed E-state index contributed by atoms with van der Waals surface area (Å²) in [6.07, 6.45) is 2.66. The van der Waals surface area contributed by atoms with Gasteiger partial charge in [0, 0.05) is 18.6 Å². The lowest BCUT2D eigenvalue weighted by atomic mass is 10.1. The first kappa shape index (κ1) is 13.0.